The molecule has 62 valence electrons. The lowest BCUT2D eigenvalue weighted by molar-refractivity contribution is 0.102. The van der Waals surface area contributed by atoms with E-state index in [0.717, 1.165) is 0 Å². The van der Waals surface area contributed by atoms with Gasteiger partial charge in [0, 0.05) is 6.20 Å². The van der Waals surface area contributed by atoms with E-state index in [2.05, 4.69) is 32.5 Å². The number of nitrogens with zero attached hydrogens (tertiary/aromatic N) is 2. The molecular formula is C8H7BrN2O. The molecular weight excluding hydrogens is 220 g/mol. The molecule has 0 bridgehead atoms. The second-order valence-corrected chi connectivity index (χ2v) is 3.18. The summed E-state index contributed by atoms with van der Waals surface area (Å²) < 4.78 is 0.595. The van der Waals surface area contributed by atoms with Crippen molar-refractivity contribution in [3.05, 3.63) is 34.8 Å². The van der Waals surface area contributed by atoms with E-state index >= 15 is 0 Å². The second-order valence-electron chi connectivity index (χ2n) is 2.33. The fraction of sp³-hybridized carbons (Fsp3) is 0.125. The lowest BCUT2D eigenvalue weighted by Gasteiger charge is -1.99. The minimum absolute atomic E-state index is 0.163. The highest BCUT2D eigenvalue weighted by molar-refractivity contribution is 9.10. The van der Waals surface area contributed by atoms with Crippen molar-refractivity contribution < 1.29 is 4.79 Å². The lowest BCUT2D eigenvalue weighted by atomic mass is 10.1. The number of hydrogen-bond acceptors (Lipinski definition) is 3. The Balaban J connectivity index is 3.11. The van der Waals surface area contributed by atoms with E-state index in [0.29, 0.717) is 15.7 Å². The standard InChI is InChI=1S/C8H7BrN2O/c1-5(2)8(12)7-6(9)3-10-4-11-7/h3-4H,1H2,2H3. The van der Waals surface area contributed by atoms with Gasteiger partial charge in [-0.05, 0) is 28.4 Å². The number of aromatic nitrogens is 2. The Bertz CT molecular complexity index is 336. The molecule has 3 nitrogen and oxygen atoms in total. The minimum atomic E-state index is -0.163. The van der Waals surface area contributed by atoms with Crippen molar-refractivity contribution in [2.75, 3.05) is 0 Å². The van der Waals surface area contributed by atoms with E-state index in [9.17, 15) is 4.79 Å². The summed E-state index contributed by atoms with van der Waals surface area (Å²) in [5.74, 6) is -0.163. The highest BCUT2D eigenvalue weighted by Gasteiger charge is 2.11. The Morgan fingerprint density at radius 1 is 1.67 bits per heavy atom. The Morgan fingerprint density at radius 2 is 2.33 bits per heavy atom. The average Bonchev–Trinajstić information content (AvgIpc) is 2.04. The van der Waals surface area contributed by atoms with Gasteiger partial charge in [-0.2, -0.15) is 0 Å². The molecule has 1 rings (SSSR count). The smallest absolute Gasteiger partial charge is 0.207 e. The molecule has 1 aromatic heterocycles. The number of halogens is 1. The fourth-order valence-corrected chi connectivity index (χ4v) is 1.08. The molecule has 0 radical (unpaired) electrons. The van der Waals surface area contributed by atoms with Gasteiger partial charge in [-0.1, -0.05) is 6.58 Å². The van der Waals surface area contributed by atoms with Crippen LogP contribution in [0.3, 0.4) is 0 Å². The SMILES string of the molecule is C=C(C)C(=O)c1ncncc1Br. The molecule has 12 heavy (non-hydrogen) atoms. The summed E-state index contributed by atoms with van der Waals surface area (Å²) in [5, 5.41) is 0. The molecule has 0 saturated heterocycles. The normalized spacial score (nSPS) is 9.50. The molecule has 0 spiro atoms. The van der Waals surface area contributed by atoms with Crippen LogP contribution in [0.25, 0.3) is 0 Å². The van der Waals surface area contributed by atoms with Gasteiger partial charge in [0.25, 0.3) is 0 Å². The van der Waals surface area contributed by atoms with Crippen LogP contribution in [-0.2, 0) is 0 Å². The van der Waals surface area contributed by atoms with Crippen molar-refractivity contribution in [3.8, 4) is 0 Å². The highest BCUT2D eigenvalue weighted by atomic mass is 79.9. The molecule has 1 heterocycles. The summed E-state index contributed by atoms with van der Waals surface area (Å²) in [6.07, 6.45) is 2.87. The maximum atomic E-state index is 11.3. The number of ketones is 1. The molecule has 1 aromatic rings. The van der Waals surface area contributed by atoms with Crippen molar-refractivity contribution in [1.82, 2.24) is 9.97 Å². The van der Waals surface area contributed by atoms with E-state index in [1.807, 2.05) is 0 Å². The predicted octanol–water partition coefficient (Wildman–Crippen LogP) is 2.00. The first-order valence-corrected chi connectivity index (χ1v) is 4.08. The van der Waals surface area contributed by atoms with Crippen LogP contribution in [0.4, 0.5) is 0 Å². The van der Waals surface area contributed by atoms with Crippen LogP contribution in [-0.4, -0.2) is 15.8 Å². The fourth-order valence-electron chi connectivity index (χ4n) is 0.682. The molecule has 0 fully saturated rings. The van der Waals surface area contributed by atoms with Crippen LogP contribution in [0.15, 0.2) is 29.1 Å². The topological polar surface area (TPSA) is 42.9 Å². The van der Waals surface area contributed by atoms with Crippen molar-refractivity contribution in [1.29, 1.82) is 0 Å². The van der Waals surface area contributed by atoms with Crippen LogP contribution in [0, 0.1) is 0 Å². The van der Waals surface area contributed by atoms with E-state index in [-0.39, 0.29) is 5.78 Å². The summed E-state index contributed by atoms with van der Waals surface area (Å²) in [5.41, 5.74) is 0.826. The van der Waals surface area contributed by atoms with Crippen molar-refractivity contribution in [2.45, 2.75) is 6.92 Å². The zero-order valence-corrected chi connectivity index (χ0v) is 8.13. The van der Waals surface area contributed by atoms with E-state index in [1.54, 1.807) is 6.92 Å². The van der Waals surface area contributed by atoms with Gasteiger partial charge in [-0.15, -0.1) is 0 Å². The molecule has 0 aliphatic heterocycles. The van der Waals surface area contributed by atoms with Gasteiger partial charge >= 0.3 is 0 Å². The first-order chi connectivity index (χ1) is 5.63. The third kappa shape index (κ3) is 1.76. The summed E-state index contributed by atoms with van der Waals surface area (Å²) in [6.45, 7) is 5.19. The third-order valence-corrected chi connectivity index (χ3v) is 1.85. The second kappa shape index (κ2) is 3.58. The molecule has 0 aliphatic carbocycles. The van der Waals surface area contributed by atoms with Gasteiger partial charge in [0.05, 0.1) is 4.47 Å². The Hall–Kier alpha value is -1.03. The van der Waals surface area contributed by atoms with Crippen molar-refractivity contribution in [3.63, 3.8) is 0 Å². The molecule has 0 unspecified atom stereocenters. The first kappa shape index (κ1) is 9.06. The van der Waals surface area contributed by atoms with Crippen LogP contribution in [0.2, 0.25) is 0 Å². The van der Waals surface area contributed by atoms with Crippen LogP contribution in [0.1, 0.15) is 17.4 Å². The average molecular weight is 227 g/mol. The largest absolute Gasteiger partial charge is 0.287 e. The summed E-state index contributed by atoms with van der Waals surface area (Å²) in [6, 6.07) is 0. The van der Waals surface area contributed by atoms with Gasteiger partial charge in [0.2, 0.25) is 5.78 Å². The molecule has 0 saturated carbocycles. The number of rotatable bonds is 2. The zero-order valence-electron chi connectivity index (χ0n) is 6.54. The number of Topliss-reactive ketones (excluding diaryl/α,β-unsaturated/α-hetero) is 1. The first-order valence-electron chi connectivity index (χ1n) is 3.28. The van der Waals surface area contributed by atoms with Gasteiger partial charge in [0.1, 0.15) is 12.0 Å². The molecule has 0 aliphatic rings. The summed E-state index contributed by atoms with van der Waals surface area (Å²) in [7, 11) is 0. The molecule has 0 atom stereocenters. The summed E-state index contributed by atoms with van der Waals surface area (Å²) in [4.78, 5) is 18.9. The number of allylic oxidation sites excluding steroid dienone is 1. The van der Waals surface area contributed by atoms with Gasteiger partial charge in [-0.3, -0.25) is 4.79 Å². The van der Waals surface area contributed by atoms with Crippen LogP contribution >= 0.6 is 15.9 Å². The predicted molar refractivity (Wildman–Crippen MR) is 48.9 cm³/mol. The van der Waals surface area contributed by atoms with Crippen LogP contribution < -0.4 is 0 Å². The molecule has 0 N–H and O–H groups in total. The maximum Gasteiger partial charge on any atom is 0.207 e. The monoisotopic (exact) mass is 226 g/mol. The molecule has 0 amide bonds. The Labute approximate surface area is 78.7 Å². The van der Waals surface area contributed by atoms with Gasteiger partial charge in [-0.25, -0.2) is 9.97 Å². The number of hydrogen-bond donors (Lipinski definition) is 0. The zero-order chi connectivity index (χ0) is 9.14. The van der Waals surface area contributed by atoms with Gasteiger partial charge < -0.3 is 0 Å². The quantitative estimate of drug-likeness (QED) is 0.573. The van der Waals surface area contributed by atoms with Gasteiger partial charge in [0.15, 0.2) is 0 Å². The minimum Gasteiger partial charge on any atom is -0.287 e. The van der Waals surface area contributed by atoms with Crippen LogP contribution in [0.5, 0.6) is 0 Å². The molecule has 4 heteroatoms. The third-order valence-electron chi connectivity index (χ3n) is 1.27. The number of carbonyl (C=O) groups is 1. The van der Waals surface area contributed by atoms with E-state index < -0.39 is 0 Å². The van der Waals surface area contributed by atoms with Crippen molar-refractivity contribution >= 4 is 21.7 Å². The van der Waals surface area contributed by atoms with Crippen molar-refractivity contribution in [2.24, 2.45) is 0 Å². The Kier molecular flexibility index (Phi) is 2.70. The van der Waals surface area contributed by atoms with E-state index in [1.165, 1.54) is 12.5 Å². The maximum absolute atomic E-state index is 11.3. The molecule has 0 aromatic carbocycles. The number of carbonyl (C=O) groups excluding carboxylic acids is 1. The Morgan fingerprint density at radius 3 is 2.83 bits per heavy atom. The highest BCUT2D eigenvalue weighted by Crippen LogP contribution is 2.14. The van der Waals surface area contributed by atoms with E-state index in [4.69, 9.17) is 0 Å². The summed E-state index contributed by atoms with van der Waals surface area (Å²) >= 11 is 3.18. The lowest BCUT2D eigenvalue weighted by Crippen LogP contribution is -2.03.